The SMILES string of the molecule is C=CCC(NC)C(=O)OCOC(=O)C(CC=C)NC(=O)CC(=O)NC(CC[NH+]=C(N)N)C(=O)OCOC(=O)C(CC[NH+]=C(N)N)NC(=O)CC(C)=O. The Morgan fingerprint density at radius 3 is 1.31 bits per heavy atom. The first kappa shape index (κ1) is 45.9. The third kappa shape index (κ3) is 21.1. The molecular formula is C30H50N10O12+2. The summed E-state index contributed by atoms with van der Waals surface area (Å²) in [7, 11) is 1.53. The van der Waals surface area contributed by atoms with Crippen molar-refractivity contribution in [1.82, 2.24) is 21.3 Å². The molecular weight excluding hydrogens is 692 g/mol. The second kappa shape index (κ2) is 25.8. The van der Waals surface area contributed by atoms with E-state index in [1.165, 1.54) is 26.1 Å². The molecule has 0 heterocycles. The van der Waals surface area contributed by atoms with Crippen LogP contribution in [0, 0.1) is 0 Å². The van der Waals surface area contributed by atoms with E-state index in [1.54, 1.807) is 0 Å². The Morgan fingerprint density at radius 1 is 0.596 bits per heavy atom. The lowest BCUT2D eigenvalue weighted by molar-refractivity contribution is -0.460. The van der Waals surface area contributed by atoms with Crippen LogP contribution in [0.15, 0.2) is 25.3 Å². The Bertz CT molecular complexity index is 1350. The molecule has 0 saturated carbocycles. The smallest absolute Gasteiger partial charge is 0.338 e. The standard InChI is InChI=1S/C30H48N10O12/c1-5-7-18(35-4)25(45)49-15-50-26(46)19(8-6-2)38-23(43)14-24(44)40-21(10-12-37-30(33)34)28(48)52-16-51-27(47)20(9-11-36-29(31)32)39-22(42)13-17(3)41/h5-6,18-21,35H,1-2,7-16H2,3-4H3,(H,38,43)(H,39,42)(H,40,44)(H4,31,32,36)(H4,33,34,37)/p+2. The molecule has 22 heteroatoms. The molecule has 3 amide bonds. The number of nitrogens with two attached hydrogens (primary N) is 4. The maximum absolute atomic E-state index is 12.8. The minimum Gasteiger partial charge on any atom is -0.427 e. The largest absolute Gasteiger partial charge is 0.427 e. The highest BCUT2D eigenvalue weighted by Crippen LogP contribution is 2.03. The topological polar surface area (TPSA) is 354 Å². The van der Waals surface area contributed by atoms with Gasteiger partial charge < -0.3 is 40.2 Å². The first-order valence-corrected chi connectivity index (χ1v) is 15.7. The molecule has 0 fully saturated rings. The van der Waals surface area contributed by atoms with Crippen LogP contribution in [0.1, 0.15) is 45.4 Å². The van der Waals surface area contributed by atoms with Gasteiger partial charge in [-0.15, -0.1) is 13.2 Å². The Balaban J connectivity index is 5.36. The number of hydrogen-bond donors (Lipinski definition) is 10. The van der Waals surface area contributed by atoms with Crippen LogP contribution < -0.4 is 54.2 Å². The summed E-state index contributed by atoms with van der Waals surface area (Å²) in [6, 6.07) is -4.72. The summed E-state index contributed by atoms with van der Waals surface area (Å²) in [5.41, 5.74) is 21.4. The van der Waals surface area contributed by atoms with Gasteiger partial charge in [-0.2, -0.15) is 0 Å². The van der Waals surface area contributed by atoms with Crippen LogP contribution in [-0.2, 0) is 57.3 Å². The number of amides is 3. The molecule has 4 unspecified atom stereocenters. The van der Waals surface area contributed by atoms with E-state index < -0.39 is 98.0 Å². The van der Waals surface area contributed by atoms with Crippen LogP contribution in [0.3, 0.4) is 0 Å². The predicted octanol–water partition coefficient (Wildman–Crippen LogP) is -7.87. The Labute approximate surface area is 299 Å². The van der Waals surface area contributed by atoms with E-state index in [4.69, 9.17) is 41.9 Å². The molecule has 14 N–H and O–H groups in total. The van der Waals surface area contributed by atoms with Crippen LogP contribution in [0.4, 0.5) is 0 Å². The number of nitrogens with one attached hydrogen (secondary N) is 6. The number of likely N-dealkylation sites (N-methyl/N-ethyl adjacent to an activating group) is 1. The van der Waals surface area contributed by atoms with E-state index in [2.05, 4.69) is 44.4 Å². The number of ether oxygens (including phenoxy) is 4. The Morgan fingerprint density at radius 2 is 0.942 bits per heavy atom. The lowest BCUT2D eigenvalue weighted by atomic mass is 10.2. The highest BCUT2D eigenvalue weighted by atomic mass is 16.7. The van der Waals surface area contributed by atoms with Gasteiger partial charge in [0.05, 0.1) is 19.5 Å². The second-order valence-corrected chi connectivity index (χ2v) is 10.7. The highest BCUT2D eigenvalue weighted by molar-refractivity contribution is 6.00. The van der Waals surface area contributed by atoms with Gasteiger partial charge in [0, 0.05) is 12.8 Å². The molecule has 0 radical (unpaired) electrons. The maximum Gasteiger partial charge on any atom is 0.338 e. The van der Waals surface area contributed by atoms with Crippen LogP contribution in [0.25, 0.3) is 0 Å². The summed E-state index contributed by atoms with van der Waals surface area (Å²) in [5.74, 6) is -7.30. The van der Waals surface area contributed by atoms with Crippen molar-refractivity contribution < 1.29 is 67.3 Å². The second-order valence-electron chi connectivity index (χ2n) is 10.7. The summed E-state index contributed by atoms with van der Waals surface area (Å²) in [6.45, 7) is 6.50. The molecule has 290 valence electrons. The van der Waals surface area contributed by atoms with E-state index in [0.29, 0.717) is 0 Å². The zero-order valence-electron chi connectivity index (χ0n) is 29.2. The van der Waals surface area contributed by atoms with Gasteiger partial charge in [-0.05, 0) is 26.8 Å². The van der Waals surface area contributed by atoms with Crippen molar-refractivity contribution in [2.24, 2.45) is 22.9 Å². The van der Waals surface area contributed by atoms with E-state index in [1.807, 2.05) is 0 Å². The minimum absolute atomic E-state index is 0.0247. The fourth-order valence-electron chi connectivity index (χ4n) is 3.90. The average molecular weight is 743 g/mol. The van der Waals surface area contributed by atoms with Gasteiger partial charge in [-0.3, -0.25) is 56.9 Å². The lowest BCUT2D eigenvalue weighted by Crippen LogP contribution is -2.78. The minimum atomic E-state index is -1.42. The highest BCUT2D eigenvalue weighted by Gasteiger charge is 2.28. The number of rotatable bonds is 26. The molecule has 0 aliphatic rings. The van der Waals surface area contributed by atoms with Gasteiger partial charge in [0.25, 0.3) is 0 Å². The van der Waals surface area contributed by atoms with Gasteiger partial charge in [0.1, 0.15) is 36.4 Å². The molecule has 0 aromatic carbocycles. The molecule has 0 bridgehead atoms. The summed E-state index contributed by atoms with van der Waals surface area (Å²) >= 11 is 0. The van der Waals surface area contributed by atoms with Crippen LogP contribution in [0.5, 0.6) is 0 Å². The molecule has 0 aliphatic heterocycles. The molecule has 0 spiro atoms. The number of carbonyl (C=O) groups is 8. The normalized spacial score (nSPS) is 12.5. The van der Waals surface area contributed by atoms with Crippen molar-refractivity contribution in [1.29, 1.82) is 0 Å². The van der Waals surface area contributed by atoms with Crippen molar-refractivity contribution in [3.63, 3.8) is 0 Å². The van der Waals surface area contributed by atoms with Crippen molar-refractivity contribution in [2.75, 3.05) is 33.7 Å². The van der Waals surface area contributed by atoms with Gasteiger partial charge in [0.15, 0.2) is 0 Å². The zero-order chi connectivity index (χ0) is 39.6. The maximum atomic E-state index is 12.8. The summed E-state index contributed by atoms with van der Waals surface area (Å²) in [6.07, 6.45) is 1.34. The van der Waals surface area contributed by atoms with Gasteiger partial charge in [-0.1, -0.05) is 12.2 Å². The van der Waals surface area contributed by atoms with Crippen molar-refractivity contribution in [3.05, 3.63) is 25.3 Å². The van der Waals surface area contributed by atoms with E-state index in [-0.39, 0.29) is 50.7 Å². The van der Waals surface area contributed by atoms with Crippen molar-refractivity contribution >= 4 is 59.3 Å². The number of guanidine groups is 2. The molecule has 0 aromatic heterocycles. The van der Waals surface area contributed by atoms with Crippen LogP contribution >= 0.6 is 0 Å². The molecule has 0 aromatic rings. The third-order valence-electron chi connectivity index (χ3n) is 6.36. The summed E-state index contributed by atoms with van der Waals surface area (Å²) in [4.78, 5) is 104. The van der Waals surface area contributed by atoms with Crippen molar-refractivity contribution in [2.45, 2.75) is 69.6 Å². The summed E-state index contributed by atoms with van der Waals surface area (Å²) < 4.78 is 19.8. The number of carbonyl (C=O) groups excluding carboxylic acids is 8. The molecule has 0 rings (SSSR count). The first-order chi connectivity index (χ1) is 24.5. The molecule has 52 heavy (non-hydrogen) atoms. The number of ketones is 1. The Hall–Kier alpha value is -6.06. The lowest BCUT2D eigenvalue weighted by Gasteiger charge is -2.19. The fraction of sp³-hybridized carbons (Fsp3) is 0.533. The van der Waals surface area contributed by atoms with Crippen LogP contribution in [0.2, 0.25) is 0 Å². The van der Waals surface area contributed by atoms with Gasteiger partial charge in [0.2, 0.25) is 31.3 Å². The van der Waals surface area contributed by atoms with Crippen molar-refractivity contribution in [3.8, 4) is 0 Å². The molecule has 0 aliphatic carbocycles. The number of Topliss-reactive ketones (excluding diaryl/α,β-unsaturated/α-hetero) is 1. The molecule has 22 nitrogen and oxygen atoms in total. The van der Waals surface area contributed by atoms with Crippen LogP contribution in [-0.4, -0.2) is 117 Å². The monoisotopic (exact) mass is 742 g/mol. The summed E-state index contributed by atoms with van der Waals surface area (Å²) in [5, 5.41) is 9.64. The van der Waals surface area contributed by atoms with Gasteiger partial charge in [-0.25, -0.2) is 14.4 Å². The van der Waals surface area contributed by atoms with E-state index in [0.717, 1.165) is 0 Å². The van der Waals surface area contributed by atoms with E-state index in [9.17, 15) is 38.4 Å². The third-order valence-corrected chi connectivity index (χ3v) is 6.36. The fourth-order valence-corrected chi connectivity index (χ4v) is 3.90. The zero-order valence-corrected chi connectivity index (χ0v) is 29.2. The predicted molar refractivity (Wildman–Crippen MR) is 180 cm³/mol. The molecule has 4 atom stereocenters. The van der Waals surface area contributed by atoms with E-state index >= 15 is 0 Å². The first-order valence-electron chi connectivity index (χ1n) is 15.7. The number of esters is 4. The van der Waals surface area contributed by atoms with Gasteiger partial charge >= 0.3 is 35.8 Å². The molecule has 0 saturated heterocycles. The number of hydrogen-bond acceptors (Lipinski definition) is 13. The average Bonchev–Trinajstić information content (AvgIpc) is 3.04. The quantitative estimate of drug-likeness (QED) is 0.00982. The Kier molecular flexibility index (Phi) is 22.8.